The molecule has 0 atom stereocenters. The molecule has 0 aliphatic carbocycles. The van der Waals surface area contributed by atoms with Crippen LogP contribution >= 0.6 is 23.5 Å². The number of para-hydroxylation sites is 4. The van der Waals surface area contributed by atoms with Gasteiger partial charge in [0, 0.05) is 59.5 Å². The van der Waals surface area contributed by atoms with Crippen LogP contribution in [-0.2, 0) is 0 Å². The minimum Gasteiger partial charge on any atom is -0.458 e. The second-order valence-electron chi connectivity index (χ2n) is 19.1. The molecular formula is C66H42B2N2OS2. The Morgan fingerprint density at radius 2 is 0.863 bits per heavy atom. The van der Waals surface area contributed by atoms with Crippen LogP contribution in [0.3, 0.4) is 0 Å². The van der Waals surface area contributed by atoms with Crippen LogP contribution in [0.5, 0.6) is 11.5 Å². The number of nitrogens with zero attached hydrogens (tertiary/aromatic N) is 2. The third kappa shape index (κ3) is 6.87. The van der Waals surface area contributed by atoms with E-state index in [0.717, 1.165) is 73.3 Å². The molecule has 0 radical (unpaired) electrons. The Bertz CT molecular complexity index is 3870. The van der Waals surface area contributed by atoms with Gasteiger partial charge in [0.25, 0.3) is 6.71 Å². The molecule has 73 heavy (non-hydrogen) atoms. The molecule has 0 saturated heterocycles. The number of rotatable bonds is 7. The summed E-state index contributed by atoms with van der Waals surface area (Å²) in [5, 5.41) is 0. The van der Waals surface area contributed by atoms with E-state index in [0.29, 0.717) is 0 Å². The van der Waals surface area contributed by atoms with Gasteiger partial charge in [-0.1, -0.05) is 223 Å². The van der Waals surface area contributed by atoms with Gasteiger partial charge in [-0.2, -0.15) is 0 Å². The Balaban J connectivity index is 1.06. The lowest BCUT2D eigenvalue weighted by molar-refractivity contribution is 0.487. The van der Waals surface area contributed by atoms with Gasteiger partial charge in [-0.15, -0.1) is 0 Å². The largest absolute Gasteiger partial charge is 0.458 e. The summed E-state index contributed by atoms with van der Waals surface area (Å²) in [5.41, 5.74) is 21.3. The van der Waals surface area contributed by atoms with Crippen LogP contribution in [0.2, 0.25) is 0 Å². The number of fused-ring (bicyclic) bond motifs is 8. The molecule has 0 bridgehead atoms. The van der Waals surface area contributed by atoms with Gasteiger partial charge in [0.05, 0.1) is 11.4 Å². The average molecular weight is 965 g/mol. The predicted octanol–water partition coefficient (Wildman–Crippen LogP) is 14.0. The lowest BCUT2D eigenvalue weighted by Crippen LogP contribution is -2.63. The fraction of sp³-hybridized carbons (Fsp3) is 0. The molecule has 0 amide bonds. The molecule has 0 saturated carbocycles. The summed E-state index contributed by atoms with van der Waals surface area (Å²) in [6, 6.07) is 93.5. The monoisotopic (exact) mass is 964 g/mol. The van der Waals surface area contributed by atoms with Crippen LogP contribution in [-0.4, -0.2) is 13.4 Å². The van der Waals surface area contributed by atoms with Gasteiger partial charge >= 0.3 is 0 Å². The van der Waals surface area contributed by atoms with Crippen LogP contribution in [0.15, 0.2) is 274 Å². The van der Waals surface area contributed by atoms with Gasteiger partial charge in [-0.3, -0.25) is 0 Å². The minimum absolute atomic E-state index is 0.0578. The van der Waals surface area contributed by atoms with Gasteiger partial charge in [0.2, 0.25) is 6.71 Å². The third-order valence-corrected chi connectivity index (χ3v) is 17.3. The molecular weight excluding hydrogens is 922 g/mol. The fourth-order valence-electron chi connectivity index (χ4n) is 11.9. The second kappa shape index (κ2) is 17.2. The van der Waals surface area contributed by atoms with E-state index in [-0.39, 0.29) is 13.4 Å². The zero-order valence-electron chi connectivity index (χ0n) is 39.5. The molecule has 11 aromatic carbocycles. The highest BCUT2D eigenvalue weighted by molar-refractivity contribution is 8.01. The van der Waals surface area contributed by atoms with Crippen LogP contribution in [0.1, 0.15) is 0 Å². The second-order valence-corrected chi connectivity index (χ2v) is 21.3. The Morgan fingerprint density at radius 1 is 0.329 bits per heavy atom. The highest BCUT2D eigenvalue weighted by Gasteiger charge is 2.46. The van der Waals surface area contributed by atoms with Crippen LogP contribution in [0.4, 0.5) is 34.1 Å². The Morgan fingerprint density at radius 3 is 1.51 bits per heavy atom. The maximum atomic E-state index is 7.28. The van der Waals surface area contributed by atoms with E-state index >= 15 is 0 Å². The fourth-order valence-corrected chi connectivity index (χ4v) is 14.4. The summed E-state index contributed by atoms with van der Waals surface area (Å²) >= 11 is 3.84. The van der Waals surface area contributed by atoms with Crippen molar-refractivity contribution in [2.75, 3.05) is 9.80 Å². The number of ether oxygens (including phenoxy) is 1. The van der Waals surface area contributed by atoms with Crippen molar-refractivity contribution in [3.8, 4) is 44.9 Å². The van der Waals surface area contributed by atoms with E-state index in [4.69, 9.17) is 4.74 Å². The number of anilines is 6. The van der Waals surface area contributed by atoms with Crippen LogP contribution in [0, 0.1) is 0 Å². The lowest BCUT2D eigenvalue weighted by atomic mass is 9.32. The van der Waals surface area contributed by atoms with E-state index in [9.17, 15) is 0 Å². The Kier molecular flexibility index (Phi) is 9.95. The van der Waals surface area contributed by atoms with Crippen molar-refractivity contribution >= 4 is 104 Å². The van der Waals surface area contributed by atoms with Gasteiger partial charge in [-0.05, 0) is 105 Å². The van der Waals surface area contributed by atoms with Crippen molar-refractivity contribution in [1.82, 2.24) is 0 Å². The zero-order chi connectivity index (χ0) is 48.0. The molecule has 4 aliphatic heterocycles. The number of benzene rings is 11. The Labute approximate surface area is 435 Å². The van der Waals surface area contributed by atoms with Crippen molar-refractivity contribution in [3.63, 3.8) is 0 Å². The molecule has 4 heterocycles. The molecule has 0 spiro atoms. The van der Waals surface area contributed by atoms with E-state index in [1.807, 2.05) is 23.5 Å². The van der Waals surface area contributed by atoms with E-state index < -0.39 is 0 Å². The first-order valence-corrected chi connectivity index (χ1v) is 26.6. The van der Waals surface area contributed by atoms with Gasteiger partial charge < -0.3 is 14.5 Å². The SMILES string of the molecule is c1ccc(-c2cc3c4c(c2)Sc2cc5c(cc2B4c2ccccc2S3)B2c3ccccc3Oc3cc(N(c4ccccc4)c4ccccc4)cc(c32)N5c2c(-c3ccccc3)cccc2-c2ccccc2)cc1. The smallest absolute Gasteiger partial charge is 0.256 e. The molecule has 15 rings (SSSR count). The summed E-state index contributed by atoms with van der Waals surface area (Å²) in [4.78, 5) is 10.2. The zero-order valence-corrected chi connectivity index (χ0v) is 41.2. The summed E-state index contributed by atoms with van der Waals surface area (Å²) in [6.07, 6.45) is 0. The Hall–Kier alpha value is -8.35. The number of hydrogen-bond donors (Lipinski definition) is 0. The normalized spacial score (nSPS) is 13.1. The maximum absolute atomic E-state index is 7.28. The first kappa shape index (κ1) is 42.3. The van der Waals surface area contributed by atoms with Crippen LogP contribution < -0.4 is 47.3 Å². The molecule has 4 aliphatic rings. The molecule has 0 fully saturated rings. The molecule has 340 valence electrons. The van der Waals surface area contributed by atoms with Crippen molar-refractivity contribution in [3.05, 3.63) is 255 Å². The number of hydrogen-bond acceptors (Lipinski definition) is 5. The predicted molar refractivity (Wildman–Crippen MR) is 309 cm³/mol. The summed E-state index contributed by atoms with van der Waals surface area (Å²) in [5.74, 6) is 1.74. The molecule has 7 heteroatoms. The van der Waals surface area contributed by atoms with Crippen molar-refractivity contribution in [2.45, 2.75) is 19.6 Å². The topological polar surface area (TPSA) is 15.7 Å². The summed E-state index contributed by atoms with van der Waals surface area (Å²) in [7, 11) is 0. The highest BCUT2D eigenvalue weighted by Crippen LogP contribution is 2.52. The van der Waals surface area contributed by atoms with Gasteiger partial charge in [-0.25, -0.2) is 0 Å². The molecule has 11 aromatic rings. The highest BCUT2D eigenvalue weighted by atomic mass is 32.2. The lowest BCUT2D eigenvalue weighted by Gasteiger charge is -2.43. The van der Waals surface area contributed by atoms with E-state index in [2.05, 4.69) is 265 Å². The first-order chi connectivity index (χ1) is 36.2. The minimum atomic E-state index is -0.119. The summed E-state index contributed by atoms with van der Waals surface area (Å²) in [6.45, 7) is -0.0616. The van der Waals surface area contributed by atoms with Crippen molar-refractivity contribution in [2.24, 2.45) is 0 Å². The van der Waals surface area contributed by atoms with Crippen LogP contribution in [0.25, 0.3) is 33.4 Å². The molecule has 3 nitrogen and oxygen atoms in total. The van der Waals surface area contributed by atoms with Gasteiger partial charge in [0.1, 0.15) is 11.5 Å². The quantitative estimate of drug-likeness (QED) is 0.147. The van der Waals surface area contributed by atoms with Gasteiger partial charge in [0.15, 0.2) is 0 Å². The third-order valence-electron chi connectivity index (χ3n) is 15.0. The first-order valence-electron chi connectivity index (χ1n) is 25.0. The average Bonchev–Trinajstić information content (AvgIpc) is 3.48. The summed E-state index contributed by atoms with van der Waals surface area (Å²) < 4.78 is 7.28. The molecule has 0 aromatic heterocycles. The maximum Gasteiger partial charge on any atom is 0.256 e. The standard InChI is InChI=1S/C66H42B2N2OS2/c1-6-21-43(22-7-1)46-37-62-65-63(38-46)73-61-42-56-54(41-55(61)68(65)53-34-17-19-36-60(53)72-62)67-52-33-16-18-35-58(52)71-59-40-49(69(47-27-12-4-13-28-47)48-29-14-5-15-30-48)39-57(64(59)67)70(56)66-50(44-23-8-2-9-24-44)31-20-32-51(66)45-25-10-3-11-26-45/h1-42H. The van der Waals surface area contributed by atoms with E-state index in [1.54, 1.807) is 0 Å². The van der Waals surface area contributed by atoms with Crippen molar-refractivity contribution in [1.29, 1.82) is 0 Å². The molecule has 0 N–H and O–H groups in total. The van der Waals surface area contributed by atoms with E-state index in [1.165, 1.54) is 58.0 Å². The van der Waals surface area contributed by atoms with Crippen molar-refractivity contribution < 1.29 is 4.74 Å². The molecule has 0 unspecified atom stereocenters.